The van der Waals surface area contributed by atoms with Gasteiger partial charge >= 0.3 is 5.97 Å². The molecule has 0 bridgehead atoms. The predicted octanol–water partition coefficient (Wildman–Crippen LogP) is 5.00. The van der Waals surface area contributed by atoms with Gasteiger partial charge in [-0.05, 0) is 82.5 Å². The van der Waals surface area contributed by atoms with E-state index in [0.717, 1.165) is 38.5 Å². The van der Waals surface area contributed by atoms with Crippen LogP contribution < -0.4 is 0 Å². The van der Waals surface area contributed by atoms with Gasteiger partial charge in [-0.15, -0.1) is 0 Å². The maximum atomic E-state index is 12.7. The molecule has 5 aliphatic rings. The SMILES string of the molecule is CC(=O)O[C@H]1CC[C@@]2(C)C(=C(C)C[C@@H]3[C@@H]2CC[C@@]2(C)[C@H]3C[C@@]3(C)O[C@]32C(C)=O)C1. The van der Waals surface area contributed by atoms with Crippen LogP contribution in [0.2, 0.25) is 0 Å². The van der Waals surface area contributed by atoms with Gasteiger partial charge in [0.05, 0.1) is 0 Å². The predicted molar refractivity (Wildman–Crippen MR) is 110 cm³/mol. The van der Waals surface area contributed by atoms with Gasteiger partial charge in [-0.1, -0.05) is 25.0 Å². The molecule has 4 fully saturated rings. The summed E-state index contributed by atoms with van der Waals surface area (Å²) in [6.45, 7) is 12.6. The number of allylic oxidation sites excluding steroid dienone is 1. The lowest BCUT2D eigenvalue weighted by molar-refractivity contribution is -0.149. The Bertz CT molecular complexity index is 829. The zero-order valence-corrected chi connectivity index (χ0v) is 18.9. The fourth-order valence-electron chi connectivity index (χ4n) is 9.04. The van der Waals surface area contributed by atoms with Crippen molar-refractivity contribution in [3.8, 4) is 0 Å². The Labute approximate surface area is 174 Å². The second kappa shape index (κ2) is 5.75. The number of rotatable bonds is 2. The molecule has 4 aliphatic carbocycles. The first-order valence-corrected chi connectivity index (χ1v) is 11.6. The number of carbonyl (C=O) groups excluding carboxylic acids is 2. The lowest BCUT2D eigenvalue weighted by Crippen LogP contribution is -2.54. The number of epoxide rings is 1. The second-order valence-electron chi connectivity index (χ2n) is 11.5. The van der Waals surface area contributed by atoms with Crippen molar-refractivity contribution in [2.45, 2.75) is 104 Å². The van der Waals surface area contributed by atoms with E-state index in [1.165, 1.54) is 18.9 Å². The molecule has 0 radical (unpaired) electrons. The number of Topliss-reactive ketones (excluding diaryl/α,β-unsaturated/α-hetero) is 1. The van der Waals surface area contributed by atoms with Gasteiger partial charge in [0, 0.05) is 18.8 Å². The molecular formula is C25H36O4. The van der Waals surface area contributed by atoms with Gasteiger partial charge in [0.1, 0.15) is 11.7 Å². The van der Waals surface area contributed by atoms with E-state index in [2.05, 4.69) is 27.7 Å². The van der Waals surface area contributed by atoms with Crippen LogP contribution in [0.25, 0.3) is 0 Å². The van der Waals surface area contributed by atoms with Crippen molar-refractivity contribution < 1.29 is 19.1 Å². The van der Waals surface area contributed by atoms with Crippen molar-refractivity contribution in [2.75, 3.05) is 0 Å². The van der Waals surface area contributed by atoms with E-state index in [1.807, 2.05) is 0 Å². The van der Waals surface area contributed by atoms with Crippen molar-refractivity contribution in [3.63, 3.8) is 0 Å². The van der Waals surface area contributed by atoms with Gasteiger partial charge in [-0.2, -0.15) is 0 Å². The van der Waals surface area contributed by atoms with Crippen molar-refractivity contribution in [3.05, 3.63) is 11.1 Å². The van der Waals surface area contributed by atoms with Crippen LogP contribution in [0.4, 0.5) is 0 Å². The molecule has 1 heterocycles. The third kappa shape index (κ3) is 2.25. The summed E-state index contributed by atoms with van der Waals surface area (Å²) in [5.74, 6) is 1.94. The van der Waals surface area contributed by atoms with Gasteiger partial charge in [0.25, 0.3) is 0 Å². The van der Waals surface area contributed by atoms with E-state index in [1.54, 1.807) is 12.5 Å². The fourth-order valence-corrected chi connectivity index (χ4v) is 9.04. The minimum absolute atomic E-state index is 0.0299. The normalized spacial score (nSPS) is 52.8. The average Bonchev–Trinajstić information content (AvgIpc) is 3.20. The Kier molecular flexibility index (Phi) is 3.92. The van der Waals surface area contributed by atoms with E-state index in [4.69, 9.17) is 9.47 Å². The standard InChI is InChI=1S/C25H36O4/c1-14-11-18-19(22(4)9-7-17(12-20(14)22)28-16(3)27)8-10-23(5)21(18)13-24(6)25(23,29-24)15(2)26/h17-19,21H,7-13H2,1-6H3/t17-,18+,19-,21-,22+,23-,24+,25-/m0/s1. The Hall–Kier alpha value is -1.16. The fraction of sp³-hybridized carbons (Fsp3) is 0.840. The molecule has 5 rings (SSSR count). The number of ether oxygens (including phenoxy) is 2. The molecule has 29 heavy (non-hydrogen) atoms. The Morgan fingerprint density at radius 3 is 2.41 bits per heavy atom. The van der Waals surface area contributed by atoms with Crippen molar-refractivity contribution in [1.29, 1.82) is 0 Å². The highest BCUT2D eigenvalue weighted by atomic mass is 16.6. The summed E-state index contributed by atoms with van der Waals surface area (Å²) in [6, 6.07) is 0. The highest BCUT2D eigenvalue weighted by Crippen LogP contribution is 2.77. The van der Waals surface area contributed by atoms with Crippen LogP contribution in [0.5, 0.6) is 0 Å². The summed E-state index contributed by atoms with van der Waals surface area (Å²) >= 11 is 0. The van der Waals surface area contributed by atoms with E-state index in [0.29, 0.717) is 17.8 Å². The van der Waals surface area contributed by atoms with Crippen molar-refractivity contribution in [2.24, 2.45) is 28.6 Å². The molecule has 3 saturated carbocycles. The molecule has 0 aromatic carbocycles. The molecule has 0 aromatic heterocycles. The first-order chi connectivity index (χ1) is 13.5. The van der Waals surface area contributed by atoms with Crippen LogP contribution in [0.1, 0.15) is 86.5 Å². The van der Waals surface area contributed by atoms with E-state index in [-0.39, 0.29) is 34.3 Å². The van der Waals surface area contributed by atoms with Crippen molar-refractivity contribution in [1.82, 2.24) is 0 Å². The highest BCUT2D eigenvalue weighted by molar-refractivity contribution is 5.91. The van der Waals surface area contributed by atoms with Crippen LogP contribution in [0.3, 0.4) is 0 Å². The number of carbonyl (C=O) groups is 2. The molecule has 4 nitrogen and oxygen atoms in total. The Morgan fingerprint density at radius 2 is 1.76 bits per heavy atom. The Morgan fingerprint density at radius 1 is 1.03 bits per heavy atom. The minimum atomic E-state index is -0.540. The van der Waals surface area contributed by atoms with Crippen LogP contribution >= 0.6 is 0 Å². The first kappa shape index (κ1) is 19.8. The van der Waals surface area contributed by atoms with Gasteiger partial charge in [-0.3, -0.25) is 9.59 Å². The molecule has 0 aromatic rings. The first-order valence-electron chi connectivity index (χ1n) is 11.6. The van der Waals surface area contributed by atoms with Crippen LogP contribution in [0, 0.1) is 28.6 Å². The lowest BCUT2D eigenvalue weighted by atomic mass is 9.46. The lowest BCUT2D eigenvalue weighted by Gasteiger charge is -2.59. The second-order valence-corrected chi connectivity index (χ2v) is 11.5. The summed E-state index contributed by atoms with van der Waals surface area (Å²) < 4.78 is 11.8. The third-order valence-corrected chi connectivity index (χ3v) is 10.1. The van der Waals surface area contributed by atoms with Crippen molar-refractivity contribution >= 4 is 11.8 Å². The van der Waals surface area contributed by atoms with Crippen LogP contribution in [-0.4, -0.2) is 29.1 Å². The summed E-state index contributed by atoms with van der Waals surface area (Å²) in [5, 5.41) is 0. The number of hydrogen-bond donors (Lipinski definition) is 0. The molecule has 1 aliphatic heterocycles. The monoisotopic (exact) mass is 400 g/mol. The van der Waals surface area contributed by atoms with Gasteiger partial charge in [0.15, 0.2) is 11.4 Å². The maximum Gasteiger partial charge on any atom is 0.302 e. The quantitative estimate of drug-likeness (QED) is 0.372. The number of fused-ring (bicyclic) bond motifs is 7. The average molecular weight is 401 g/mol. The summed E-state index contributed by atoms with van der Waals surface area (Å²) in [7, 11) is 0. The molecule has 0 N–H and O–H groups in total. The number of ketones is 1. The molecule has 4 heteroatoms. The summed E-state index contributed by atoms with van der Waals surface area (Å²) in [4.78, 5) is 24.2. The molecular weight excluding hydrogens is 364 g/mol. The highest BCUT2D eigenvalue weighted by Gasteiger charge is 2.85. The zero-order valence-electron chi connectivity index (χ0n) is 18.9. The van der Waals surface area contributed by atoms with Crippen LogP contribution in [-0.2, 0) is 19.1 Å². The third-order valence-electron chi connectivity index (χ3n) is 10.1. The van der Waals surface area contributed by atoms with E-state index >= 15 is 0 Å². The van der Waals surface area contributed by atoms with E-state index < -0.39 is 5.60 Å². The summed E-state index contributed by atoms with van der Waals surface area (Å²) in [6.07, 6.45) is 7.45. The number of esters is 1. The molecule has 0 amide bonds. The molecule has 1 saturated heterocycles. The minimum Gasteiger partial charge on any atom is -0.462 e. The van der Waals surface area contributed by atoms with Gasteiger partial charge < -0.3 is 9.47 Å². The molecule has 0 unspecified atom stereocenters. The maximum absolute atomic E-state index is 12.7. The smallest absolute Gasteiger partial charge is 0.302 e. The van der Waals surface area contributed by atoms with Gasteiger partial charge in [-0.25, -0.2) is 0 Å². The molecule has 8 atom stereocenters. The largest absolute Gasteiger partial charge is 0.462 e. The van der Waals surface area contributed by atoms with E-state index in [9.17, 15) is 9.59 Å². The zero-order chi connectivity index (χ0) is 21.0. The van der Waals surface area contributed by atoms with Gasteiger partial charge in [0.2, 0.25) is 0 Å². The topological polar surface area (TPSA) is 55.9 Å². The number of hydrogen-bond acceptors (Lipinski definition) is 4. The summed E-state index contributed by atoms with van der Waals surface area (Å²) in [5.41, 5.74) is 2.46. The van der Waals surface area contributed by atoms with Crippen LogP contribution in [0.15, 0.2) is 11.1 Å². The molecule has 0 spiro atoms. The molecule has 160 valence electrons. The Balaban J connectivity index is 1.49.